The Labute approximate surface area is 122 Å². The van der Waals surface area contributed by atoms with Crippen LogP contribution in [0.1, 0.15) is 25.3 Å². The van der Waals surface area contributed by atoms with Crippen LogP contribution in [-0.4, -0.2) is 30.6 Å². The molecular weight excluding hydrogens is 283 g/mol. The number of halogens is 3. The van der Waals surface area contributed by atoms with Crippen molar-refractivity contribution < 1.29 is 18.0 Å². The number of benzene rings is 1. The highest BCUT2D eigenvalue weighted by molar-refractivity contribution is 5.89. The predicted octanol–water partition coefficient (Wildman–Crippen LogP) is 3.30. The SMILES string of the molecule is CCCCN(CCN)C(=O)Nc1ccc(C(F)(F)F)cc1. The fraction of sp³-hybridized carbons (Fsp3) is 0.500. The van der Waals surface area contributed by atoms with Crippen LogP contribution in [0.2, 0.25) is 0 Å². The highest BCUT2D eigenvalue weighted by Gasteiger charge is 2.30. The minimum atomic E-state index is -4.38. The minimum Gasteiger partial charge on any atom is -0.329 e. The lowest BCUT2D eigenvalue weighted by atomic mass is 10.2. The lowest BCUT2D eigenvalue weighted by molar-refractivity contribution is -0.137. The molecule has 0 atom stereocenters. The molecule has 0 aliphatic rings. The van der Waals surface area contributed by atoms with Crippen LogP contribution in [-0.2, 0) is 6.18 Å². The van der Waals surface area contributed by atoms with Gasteiger partial charge in [0.1, 0.15) is 0 Å². The maximum absolute atomic E-state index is 12.4. The number of alkyl halides is 3. The van der Waals surface area contributed by atoms with Crippen LogP contribution < -0.4 is 11.1 Å². The summed E-state index contributed by atoms with van der Waals surface area (Å²) in [6.07, 6.45) is -2.59. The van der Waals surface area contributed by atoms with Gasteiger partial charge < -0.3 is 16.0 Å². The van der Waals surface area contributed by atoms with Gasteiger partial charge in [-0.15, -0.1) is 0 Å². The van der Waals surface area contributed by atoms with E-state index in [1.807, 2.05) is 6.92 Å². The molecule has 0 spiro atoms. The molecule has 0 unspecified atom stereocenters. The van der Waals surface area contributed by atoms with Crippen molar-refractivity contribution in [2.24, 2.45) is 5.73 Å². The molecule has 0 bridgehead atoms. The van der Waals surface area contributed by atoms with Gasteiger partial charge in [-0.3, -0.25) is 0 Å². The third-order valence-corrected chi connectivity index (χ3v) is 2.93. The topological polar surface area (TPSA) is 58.4 Å². The van der Waals surface area contributed by atoms with E-state index in [4.69, 9.17) is 5.73 Å². The maximum Gasteiger partial charge on any atom is 0.416 e. The van der Waals surface area contributed by atoms with Gasteiger partial charge in [0.15, 0.2) is 0 Å². The molecular formula is C14H20F3N3O. The molecule has 0 aliphatic carbocycles. The van der Waals surface area contributed by atoms with E-state index >= 15 is 0 Å². The summed E-state index contributed by atoms with van der Waals surface area (Å²) in [7, 11) is 0. The molecule has 118 valence electrons. The Kier molecular flexibility index (Phi) is 6.48. The molecule has 0 heterocycles. The van der Waals surface area contributed by atoms with E-state index in [0.29, 0.717) is 25.3 Å². The molecule has 1 rings (SSSR count). The van der Waals surface area contributed by atoms with Gasteiger partial charge in [0, 0.05) is 25.3 Å². The second-order valence-electron chi connectivity index (χ2n) is 4.63. The van der Waals surface area contributed by atoms with Crippen LogP contribution in [0, 0.1) is 0 Å². The number of hydrogen-bond acceptors (Lipinski definition) is 2. The number of urea groups is 1. The Balaban J connectivity index is 2.67. The monoisotopic (exact) mass is 303 g/mol. The van der Waals surface area contributed by atoms with Crippen molar-refractivity contribution in [3.63, 3.8) is 0 Å². The van der Waals surface area contributed by atoms with Crippen LogP contribution >= 0.6 is 0 Å². The zero-order valence-electron chi connectivity index (χ0n) is 11.9. The molecule has 0 saturated carbocycles. The van der Waals surface area contributed by atoms with Crippen molar-refractivity contribution in [3.8, 4) is 0 Å². The molecule has 21 heavy (non-hydrogen) atoms. The lowest BCUT2D eigenvalue weighted by Crippen LogP contribution is -2.39. The molecule has 0 fully saturated rings. The first-order chi connectivity index (χ1) is 9.88. The molecule has 7 heteroatoms. The van der Waals surface area contributed by atoms with E-state index in [1.165, 1.54) is 12.1 Å². The zero-order chi connectivity index (χ0) is 15.9. The smallest absolute Gasteiger partial charge is 0.329 e. The number of nitrogens with zero attached hydrogens (tertiary/aromatic N) is 1. The summed E-state index contributed by atoms with van der Waals surface area (Å²) in [5.74, 6) is 0. The van der Waals surface area contributed by atoms with Gasteiger partial charge >= 0.3 is 12.2 Å². The highest BCUT2D eigenvalue weighted by Crippen LogP contribution is 2.29. The van der Waals surface area contributed by atoms with E-state index in [0.717, 1.165) is 25.0 Å². The molecule has 0 saturated heterocycles. The number of anilines is 1. The van der Waals surface area contributed by atoms with Crippen LogP contribution in [0.15, 0.2) is 24.3 Å². The standard InChI is InChI=1S/C14H20F3N3O/c1-2-3-9-20(10-8-18)13(21)19-12-6-4-11(5-7-12)14(15,16)17/h4-7H,2-3,8-10,18H2,1H3,(H,19,21). The van der Waals surface area contributed by atoms with Gasteiger partial charge in [0.05, 0.1) is 5.56 Å². The Morgan fingerprint density at radius 3 is 2.33 bits per heavy atom. The highest BCUT2D eigenvalue weighted by atomic mass is 19.4. The molecule has 4 nitrogen and oxygen atoms in total. The van der Waals surface area contributed by atoms with Gasteiger partial charge in [0.25, 0.3) is 0 Å². The Hall–Kier alpha value is -1.76. The van der Waals surface area contributed by atoms with Gasteiger partial charge in [0.2, 0.25) is 0 Å². The van der Waals surface area contributed by atoms with E-state index in [-0.39, 0.29) is 6.03 Å². The lowest BCUT2D eigenvalue weighted by Gasteiger charge is -2.22. The molecule has 0 aliphatic heterocycles. The largest absolute Gasteiger partial charge is 0.416 e. The quantitative estimate of drug-likeness (QED) is 0.847. The molecule has 0 radical (unpaired) electrons. The van der Waals surface area contributed by atoms with Crippen molar-refractivity contribution in [2.45, 2.75) is 25.9 Å². The van der Waals surface area contributed by atoms with E-state index in [9.17, 15) is 18.0 Å². The van der Waals surface area contributed by atoms with Gasteiger partial charge in [-0.25, -0.2) is 4.79 Å². The number of amides is 2. The summed E-state index contributed by atoms with van der Waals surface area (Å²) >= 11 is 0. The van der Waals surface area contributed by atoms with Crippen LogP contribution in [0.4, 0.5) is 23.7 Å². The molecule has 3 N–H and O–H groups in total. The van der Waals surface area contributed by atoms with E-state index in [2.05, 4.69) is 5.32 Å². The molecule has 1 aromatic rings. The second kappa shape index (κ2) is 7.87. The number of nitrogens with one attached hydrogen (secondary N) is 1. The summed E-state index contributed by atoms with van der Waals surface area (Å²) in [6.45, 7) is 3.32. The number of carbonyl (C=O) groups is 1. The first kappa shape index (κ1) is 17.3. The molecule has 1 aromatic carbocycles. The normalized spacial score (nSPS) is 11.3. The average Bonchev–Trinajstić information content (AvgIpc) is 2.43. The van der Waals surface area contributed by atoms with Gasteiger partial charge in [-0.2, -0.15) is 13.2 Å². The number of carbonyl (C=O) groups excluding carboxylic acids is 1. The Morgan fingerprint density at radius 1 is 1.24 bits per heavy atom. The van der Waals surface area contributed by atoms with Gasteiger partial charge in [-0.1, -0.05) is 13.3 Å². The summed E-state index contributed by atoms with van der Waals surface area (Å²) in [6, 6.07) is 4.00. The maximum atomic E-state index is 12.4. The van der Waals surface area contributed by atoms with Crippen LogP contribution in [0.25, 0.3) is 0 Å². The fourth-order valence-electron chi connectivity index (χ4n) is 1.76. The number of nitrogens with two attached hydrogens (primary N) is 1. The molecule has 0 aromatic heterocycles. The number of hydrogen-bond donors (Lipinski definition) is 2. The van der Waals surface area contributed by atoms with Crippen LogP contribution in [0.3, 0.4) is 0 Å². The summed E-state index contributed by atoms with van der Waals surface area (Å²) in [5, 5.41) is 2.58. The van der Waals surface area contributed by atoms with Crippen molar-refractivity contribution in [1.82, 2.24) is 4.90 Å². The first-order valence-electron chi connectivity index (χ1n) is 6.81. The van der Waals surface area contributed by atoms with E-state index < -0.39 is 11.7 Å². The van der Waals surface area contributed by atoms with Crippen molar-refractivity contribution in [2.75, 3.05) is 25.0 Å². The Morgan fingerprint density at radius 2 is 1.86 bits per heavy atom. The zero-order valence-corrected chi connectivity index (χ0v) is 11.9. The average molecular weight is 303 g/mol. The van der Waals surface area contributed by atoms with Crippen molar-refractivity contribution >= 4 is 11.7 Å². The van der Waals surface area contributed by atoms with E-state index in [1.54, 1.807) is 4.90 Å². The van der Waals surface area contributed by atoms with Crippen molar-refractivity contribution in [3.05, 3.63) is 29.8 Å². The Bertz CT molecular complexity index is 446. The third kappa shape index (κ3) is 5.63. The van der Waals surface area contributed by atoms with Crippen LogP contribution in [0.5, 0.6) is 0 Å². The second-order valence-corrected chi connectivity index (χ2v) is 4.63. The number of unbranched alkanes of at least 4 members (excludes halogenated alkanes) is 1. The third-order valence-electron chi connectivity index (χ3n) is 2.93. The van der Waals surface area contributed by atoms with Crippen molar-refractivity contribution in [1.29, 1.82) is 0 Å². The summed E-state index contributed by atoms with van der Waals surface area (Å²) < 4.78 is 37.3. The minimum absolute atomic E-state index is 0.325. The summed E-state index contributed by atoms with van der Waals surface area (Å²) in [4.78, 5) is 13.6. The predicted molar refractivity (Wildman–Crippen MR) is 76.0 cm³/mol. The molecule has 2 amide bonds. The first-order valence-corrected chi connectivity index (χ1v) is 6.81. The summed E-state index contributed by atoms with van der Waals surface area (Å²) in [5.41, 5.74) is 5.03. The fourth-order valence-corrected chi connectivity index (χ4v) is 1.76. The van der Waals surface area contributed by atoms with Gasteiger partial charge in [-0.05, 0) is 30.7 Å². The number of rotatable bonds is 6.